The first-order chi connectivity index (χ1) is 11.0. The Labute approximate surface area is 150 Å². The number of sulfonamides is 1. The first kappa shape index (κ1) is 20.7. The number of halogens is 2. The molecule has 0 saturated carbocycles. The van der Waals surface area contributed by atoms with E-state index in [2.05, 4.69) is 5.32 Å². The molecule has 7 nitrogen and oxygen atoms in total. The smallest absolute Gasteiger partial charge is 0.321 e. The summed E-state index contributed by atoms with van der Waals surface area (Å²) in [7, 11) is -4.17. The number of carbonyl (C=O) groups is 2. The second-order valence-electron chi connectivity index (χ2n) is 5.12. The number of carbonyl (C=O) groups excluding carboxylic acids is 1. The van der Waals surface area contributed by atoms with Crippen LogP contribution in [-0.2, 0) is 19.6 Å². The van der Waals surface area contributed by atoms with Gasteiger partial charge in [0.15, 0.2) is 0 Å². The highest BCUT2D eigenvalue weighted by molar-refractivity contribution is 7.89. The number of hydrogen-bond acceptors (Lipinski definition) is 4. The maximum atomic E-state index is 12.8. The fourth-order valence-corrected chi connectivity index (χ4v) is 4.15. The zero-order chi connectivity index (χ0) is 18.7. The van der Waals surface area contributed by atoms with Crippen molar-refractivity contribution >= 4 is 45.1 Å². The summed E-state index contributed by atoms with van der Waals surface area (Å²) in [6, 6.07) is 1.11. The molecule has 1 amide bonds. The van der Waals surface area contributed by atoms with E-state index in [1.165, 1.54) is 26.0 Å². The molecule has 0 radical (unpaired) electrons. The highest BCUT2D eigenvalue weighted by atomic mass is 35.5. The van der Waals surface area contributed by atoms with Crippen LogP contribution in [0.15, 0.2) is 17.0 Å². The summed E-state index contributed by atoms with van der Waals surface area (Å²) in [6.07, 6.45) is 0. The van der Waals surface area contributed by atoms with Gasteiger partial charge < -0.3 is 10.4 Å². The van der Waals surface area contributed by atoms with Crippen molar-refractivity contribution in [2.45, 2.75) is 31.7 Å². The van der Waals surface area contributed by atoms with E-state index < -0.39 is 22.0 Å². The van der Waals surface area contributed by atoms with Gasteiger partial charge in [0, 0.05) is 30.1 Å². The van der Waals surface area contributed by atoms with Crippen LogP contribution < -0.4 is 5.32 Å². The normalized spacial score (nSPS) is 12.9. The lowest BCUT2D eigenvalue weighted by Gasteiger charge is -2.26. The van der Waals surface area contributed by atoms with Crippen molar-refractivity contribution in [2.24, 2.45) is 0 Å². The van der Waals surface area contributed by atoms with E-state index in [0.29, 0.717) is 5.56 Å². The van der Waals surface area contributed by atoms with Crippen LogP contribution in [0.3, 0.4) is 0 Å². The number of nitrogens with one attached hydrogen (secondary N) is 1. The number of hydrogen-bond donors (Lipinski definition) is 2. The van der Waals surface area contributed by atoms with Gasteiger partial charge in [-0.25, -0.2) is 8.42 Å². The third-order valence-corrected chi connectivity index (χ3v) is 6.09. The molecule has 0 aromatic heterocycles. The van der Waals surface area contributed by atoms with Gasteiger partial charge in [-0.05, 0) is 31.5 Å². The molecule has 0 heterocycles. The topological polar surface area (TPSA) is 104 Å². The van der Waals surface area contributed by atoms with E-state index in [-0.39, 0.29) is 33.9 Å². The quantitative estimate of drug-likeness (QED) is 0.732. The van der Waals surface area contributed by atoms with Crippen LogP contribution in [0.25, 0.3) is 0 Å². The summed E-state index contributed by atoms with van der Waals surface area (Å²) in [5.41, 5.74) is 0.522. The van der Waals surface area contributed by atoms with Crippen LogP contribution in [-0.4, -0.2) is 48.8 Å². The molecule has 0 aliphatic rings. The van der Waals surface area contributed by atoms with Gasteiger partial charge in [0.25, 0.3) is 0 Å². The van der Waals surface area contributed by atoms with Crippen molar-refractivity contribution in [3.63, 3.8) is 0 Å². The number of benzene rings is 1. The van der Waals surface area contributed by atoms with E-state index in [1.54, 1.807) is 6.92 Å². The van der Waals surface area contributed by atoms with Crippen molar-refractivity contribution in [1.82, 2.24) is 9.62 Å². The van der Waals surface area contributed by atoms with Crippen LogP contribution >= 0.6 is 23.2 Å². The Hall–Kier alpha value is -1.35. The largest absolute Gasteiger partial charge is 0.480 e. The summed E-state index contributed by atoms with van der Waals surface area (Å²) in [5, 5.41) is 11.9. The minimum absolute atomic E-state index is 0.0283. The van der Waals surface area contributed by atoms with Gasteiger partial charge in [-0.1, -0.05) is 23.2 Å². The molecule has 0 spiro atoms. The Kier molecular flexibility index (Phi) is 7.03. The summed E-state index contributed by atoms with van der Waals surface area (Å²) in [4.78, 5) is 22.0. The fraction of sp³-hybridized carbons (Fsp3) is 0.429. The first-order valence-corrected chi connectivity index (χ1v) is 9.12. The molecule has 0 saturated heterocycles. The molecule has 1 aromatic rings. The van der Waals surface area contributed by atoms with Gasteiger partial charge in [0.2, 0.25) is 15.9 Å². The Morgan fingerprint density at radius 1 is 1.29 bits per heavy atom. The van der Waals surface area contributed by atoms with Gasteiger partial charge in [-0.3, -0.25) is 9.59 Å². The van der Waals surface area contributed by atoms with Crippen LogP contribution in [0.1, 0.15) is 19.4 Å². The average Bonchev–Trinajstić information content (AvgIpc) is 2.47. The van der Waals surface area contributed by atoms with Gasteiger partial charge in [-0.2, -0.15) is 4.31 Å². The van der Waals surface area contributed by atoms with Crippen LogP contribution in [0.2, 0.25) is 10.0 Å². The van der Waals surface area contributed by atoms with Crippen LogP contribution in [0, 0.1) is 6.92 Å². The van der Waals surface area contributed by atoms with Crippen LogP contribution in [0.4, 0.5) is 0 Å². The molecule has 10 heteroatoms. The average molecular weight is 397 g/mol. The Balaban J connectivity index is 3.28. The molecule has 0 bridgehead atoms. The molecule has 2 N–H and O–H groups in total. The molecule has 0 aliphatic carbocycles. The lowest BCUT2D eigenvalue weighted by molar-refractivity contribution is -0.140. The van der Waals surface area contributed by atoms with Gasteiger partial charge in [0.05, 0.1) is 4.90 Å². The Morgan fingerprint density at radius 2 is 1.79 bits per heavy atom. The van der Waals surface area contributed by atoms with E-state index in [4.69, 9.17) is 23.2 Å². The fourth-order valence-electron chi connectivity index (χ4n) is 1.89. The molecule has 1 unspecified atom stereocenters. The third-order valence-electron chi connectivity index (χ3n) is 3.36. The van der Waals surface area contributed by atoms with Crippen molar-refractivity contribution in [1.29, 1.82) is 0 Å². The van der Waals surface area contributed by atoms with E-state index in [9.17, 15) is 23.1 Å². The molecule has 134 valence electrons. The monoisotopic (exact) mass is 396 g/mol. The minimum atomic E-state index is -4.17. The molecule has 1 atom stereocenters. The standard InChI is InChI=1S/C14H18Cl2N2O5S/c1-8-12(15)6-11(7-13(8)16)24(22,23)18(9(2)14(20)21)5-4-17-10(3)19/h6-7,9H,4-5H2,1-3H3,(H,17,19)(H,20,21). The molecular weight excluding hydrogens is 379 g/mol. The predicted molar refractivity (Wildman–Crippen MR) is 90.9 cm³/mol. The second kappa shape index (κ2) is 8.15. The van der Waals surface area contributed by atoms with Crippen LogP contribution in [0.5, 0.6) is 0 Å². The summed E-state index contributed by atoms with van der Waals surface area (Å²) < 4.78 is 26.4. The Morgan fingerprint density at radius 3 is 2.21 bits per heavy atom. The number of carboxylic acid groups (broad SMARTS) is 1. The number of carboxylic acids is 1. The minimum Gasteiger partial charge on any atom is -0.480 e. The molecule has 24 heavy (non-hydrogen) atoms. The lowest BCUT2D eigenvalue weighted by Crippen LogP contribution is -2.46. The Bertz CT molecular complexity index is 729. The number of nitrogens with zero attached hydrogens (tertiary/aromatic N) is 1. The van der Waals surface area contributed by atoms with E-state index in [0.717, 1.165) is 4.31 Å². The van der Waals surface area contributed by atoms with Gasteiger partial charge >= 0.3 is 5.97 Å². The number of amides is 1. The number of aliphatic carboxylic acids is 1. The van der Waals surface area contributed by atoms with Crippen molar-refractivity contribution in [3.05, 3.63) is 27.7 Å². The lowest BCUT2D eigenvalue weighted by atomic mass is 10.2. The van der Waals surface area contributed by atoms with Crippen molar-refractivity contribution < 1.29 is 23.1 Å². The summed E-state index contributed by atoms with van der Waals surface area (Å²) in [5.74, 6) is -1.66. The maximum Gasteiger partial charge on any atom is 0.321 e. The predicted octanol–water partition coefficient (Wildman–Crippen LogP) is 1.90. The molecular formula is C14H18Cl2N2O5S. The van der Waals surface area contributed by atoms with E-state index in [1.807, 2.05) is 0 Å². The van der Waals surface area contributed by atoms with Crippen molar-refractivity contribution in [3.8, 4) is 0 Å². The van der Waals surface area contributed by atoms with Gasteiger partial charge in [0.1, 0.15) is 6.04 Å². The maximum absolute atomic E-state index is 12.8. The zero-order valence-electron chi connectivity index (χ0n) is 13.3. The SMILES string of the molecule is CC(=O)NCCN(C(C)C(=O)O)S(=O)(=O)c1cc(Cl)c(C)c(Cl)c1. The van der Waals surface area contributed by atoms with Gasteiger partial charge in [-0.15, -0.1) is 0 Å². The van der Waals surface area contributed by atoms with Crippen molar-refractivity contribution in [2.75, 3.05) is 13.1 Å². The molecule has 1 aromatic carbocycles. The third kappa shape index (κ3) is 4.83. The zero-order valence-corrected chi connectivity index (χ0v) is 15.7. The molecule has 1 rings (SSSR count). The molecule has 0 fully saturated rings. The van der Waals surface area contributed by atoms with E-state index >= 15 is 0 Å². The summed E-state index contributed by atoms with van der Waals surface area (Å²) >= 11 is 12.0. The molecule has 0 aliphatic heterocycles. The number of rotatable bonds is 7. The highest BCUT2D eigenvalue weighted by Crippen LogP contribution is 2.29. The second-order valence-corrected chi connectivity index (χ2v) is 7.83. The highest BCUT2D eigenvalue weighted by Gasteiger charge is 2.33. The summed E-state index contributed by atoms with van der Waals surface area (Å²) in [6.45, 7) is 3.91. The first-order valence-electron chi connectivity index (χ1n) is 6.93.